The van der Waals surface area contributed by atoms with Crippen molar-refractivity contribution in [2.45, 2.75) is 38.4 Å². The monoisotopic (exact) mass is 295 g/mol. The standard InChI is InChI=1S/C14H21N3O4/c1-2-21-12(19)7-11(18)13(20)10-8-15-14(16-9-10)17-5-3-4-6-17/h8-9,11,13,18,20H,2-7H2,1H3. The van der Waals surface area contributed by atoms with E-state index in [1.165, 1.54) is 12.4 Å². The van der Waals surface area contributed by atoms with Gasteiger partial charge in [-0.25, -0.2) is 9.97 Å². The summed E-state index contributed by atoms with van der Waals surface area (Å²) in [5, 5.41) is 19.8. The molecule has 21 heavy (non-hydrogen) atoms. The molecule has 2 N–H and O–H groups in total. The lowest BCUT2D eigenvalue weighted by Crippen LogP contribution is -2.24. The van der Waals surface area contributed by atoms with E-state index in [1.54, 1.807) is 6.92 Å². The number of aliphatic hydroxyl groups excluding tert-OH is 2. The number of ether oxygens (including phenoxy) is 1. The van der Waals surface area contributed by atoms with Crippen LogP contribution in [0.5, 0.6) is 0 Å². The molecular weight excluding hydrogens is 274 g/mol. The van der Waals surface area contributed by atoms with Gasteiger partial charge in [0, 0.05) is 31.0 Å². The van der Waals surface area contributed by atoms with Crippen LogP contribution in [0.25, 0.3) is 0 Å². The molecule has 1 saturated heterocycles. The lowest BCUT2D eigenvalue weighted by atomic mass is 10.1. The highest BCUT2D eigenvalue weighted by molar-refractivity contribution is 5.70. The fraction of sp³-hybridized carbons (Fsp3) is 0.643. The van der Waals surface area contributed by atoms with Crippen LogP contribution >= 0.6 is 0 Å². The minimum atomic E-state index is -1.23. The second-order valence-corrected chi connectivity index (χ2v) is 5.03. The minimum absolute atomic E-state index is 0.245. The van der Waals surface area contributed by atoms with Crippen LogP contribution in [-0.4, -0.2) is 52.0 Å². The Hall–Kier alpha value is -1.73. The number of carbonyl (C=O) groups excluding carboxylic acids is 1. The van der Waals surface area contributed by atoms with Gasteiger partial charge in [-0.3, -0.25) is 4.79 Å². The van der Waals surface area contributed by atoms with Crippen molar-refractivity contribution >= 4 is 11.9 Å². The average molecular weight is 295 g/mol. The third kappa shape index (κ3) is 4.12. The molecular formula is C14H21N3O4. The van der Waals surface area contributed by atoms with E-state index in [1.807, 2.05) is 0 Å². The molecule has 0 saturated carbocycles. The maximum Gasteiger partial charge on any atom is 0.308 e. The van der Waals surface area contributed by atoms with Crippen LogP contribution in [0, 0.1) is 0 Å². The topological polar surface area (TPSA) is 95.8 Å². The molecule has 1 aromatic rings. The summed E-state index contributed by atoms with van der Waals surface area (Å²) in [7, 11) is 0. The summed E-state index contributed by atoms with van der Waals surface area (Å²) in [6, 6.07) is 0. The lowest BCUT2D eigenvalue weighted by molar-refractivity contribution is -0.147. The van der Waals surface area contributed by atoms with Crippen molar-refractivity contribution < 1.29 is 19.7 Å². The van der Waals surface area contributed by atoms with Crippen molar-refractivity contribution in [2.75, 3.05) is 24.6 Å². The molecule has 2 heterocycles. The normalized spacial score (nSPS) is 17.6. The fourth-order valence-corrected chi connectivity index (χ4v) is 2.29. The van der Waals surface area contributed by atoms with Gasteiger partial charge in [0.05, 0.1) is 19.1 Å². The average Bonchev–Trinajstić information content (AvgIpc) is 3.01. The summed E-state index contributed by atoms with van der Waals surface area (Å²) in [6.45, 7) is 3.81. The first-order chi connectivity index (χ1) is 10.1. The highest BCUT2D eigenvalue weighted by atomic mass is 16.5. The molecule has 1 aliphatic rings. The van der Waals surface area contributed by atoms with E-state index in [0.29, 0.717) is 11.5 Å². The first kappa shape index (κ1) is 15.7. The van der Waals surface area contributed by atoms with E-state index in [-0.39, 0.29) is 13.0 Å². The Labute approximate surface area is 123 Å². The molecule has 0 amide bonds. The maximum absolute atomic E-state index is 11.3. The van der Waals surface area contributed by atoms with Crippen molar-refractivity contribution in [3.8, 4) is 0 Å². The summed E-state index contributed by atoms with van der Waals surface area (Å²) >= 11 is 0. The summed E-state index contributed by atoms with van der Waals surface area (Å²) in [5.41, 5.74) is 0.384. The molecule has 0 radical (unpaired) electrons. The first-order valence-corrected chi connectivity index (χ1v) is 7.20. The summed E-state index contributed by atoms with van der Waals surface area (Å²) in [4.78, 5) is 21.8. The van der Waals surface area contributed by atoms with E-state index >= 15 is 0 Å². The zero-order valence-electron chi connectivity index (χ0n) is 12.1. The van der Waals surface area contributed by atoms with Gasteiger partial charge in [0.1, 0.15) is 6.10 Å². The second kappa shape index (κ2) is 7.33. The summed E-state index contributed by atoms with van der Waals surface area (Å²) in [5.74, 6) is 0.0852. The van der Waals surface area contributed by atoms with Crippen LogP contribution in [0.2, 0.25) is 0 Å². The molecule has 0 aromatic carbocycles. The van der Waals surface area contributed by atoms with Gasteiger partial charge in [0.25, 0.3) is 0 Å². The Bertz CT molecular complexity index is 460. The third-order valence-electron chi connectivity index (χ3n) is 3.43. The number of rotatable bonds is 6. The summed E-state index contributed by atoms with van der Waals surface area (Å²) < 4.78 is 4.74. The van der Waals surface area contributed by atoms with Crippen molar-refractivity contribution in [2.24, 2.45) is 0 Å². The number of anilines is 1. The van der Waals surface area contributed by atoms with E-state index in [0.717, 1.165) is 25.9 Å². The molecule has 2 atom stereocenters. The lowest BCUT2D eigenvalue weighted by Gasteiger charge is -2.18. The van der Waals surface area contributed by atoms with Crippen molar-refractivity contribution in [1.29, 1.82) is 0 Å². The quantitative estimate of drug-likeness (QED) is 0.734. The molecule has 7 nitrogen and oxygen atoms in total. The van der Waals surface area contributed by atoms with Crippen LogP contribution in [0.4, 0.5) is 5.95 Å². The Morgan fingerprint density at radius 3 is 2.52 bits per heavy atom. The number of hydrogen-bond acceptors (Lipinski definition) is 7. The molecule has 2 rings (SSSR count). The zero-order chi connectivity index (χ0) is 15.2. The Balaban J connectivity index is 1.95. The molecule has 0 bridgehead atoms. The molecule has 1 aliphatic heterocycles. The number of hydrogen-bond donors (Lipinski definition) is 2. The Kier molecular flexibility index (Phi) is 5.46. The Morgan fingerprint density at radius 2 is 1.95 bits per heavy atom. The van der Waals surface area contributed by atoms with Crippen LogP contribution in [-0.2, 0) is 9.53 Å². The highest BCUT2D eigenvalue weighted by Gasteiger charge is 2.23. The zero-order valence-corrected chi connectivity index (χ0v) is 12.1. The van der Waals surface area contributed by atoms with Gasteiger partial charge in [-0.05, 0) is 19.8 Å². The second-order valence-electron chi connectivity index (χ2n) is 5.03. The van der Waals surface area contributed by atoms with Gasteiger partial charge in [-0.2, -0.15) is 0 Å². The smallest absolute Gasteiger partial charge is 0.308 e. The predicted octanol–water partition coefficient (Wildman–Crippen LogP) is 0.424. The van der Waals surface area contributed by atoms with Crippen molar-refractivity contribution in [3.05, 3.63) is 18.0 Å². The molecule has 1 aromatic heterocycles. The van der Waals surface area contributed by atoms with Gasteiger partial charge in [0.2, 0.25) is 5.95 Å². The van der Waals surface area contributed by atoms with Crippen LogP contribution in [0.1, 0.15) is 37.9 Å². The number of carbonyl (C=O) groups is 1. The van der Waals surface area contributed by atoms with Gasteiger partial charge in [-0.15, -0.1) is 0 Å². The number of nitrogens with zero attached hydrogens (tertiary/aromatic N) is 3. The van der Waals surface area contributed by atoms with E-state index < -0.39 is 18.2 Å². The number of aliphatic hydroxyl groups is 2. The van der Waals surface area contributed by atoms with Crippen LogP contribution in [0.3, 0.4) is 0 Å². The van der Waals surface area contributed by atoms with E-state index in [9.17, 15) is 15.0 Å². The predicted molar refractivity (Wildman–Crippen MR) is 75.7 cm³/mol. The first-order valence-electron chi connectivity index (χ1n) is 7.20. The molecule has 0 spiro atoms. The molecule has 0 aliphatic carbocycles. The minimum Gasteiger partial charge on any atom is -0.466 e. The molecule has 116 valence electrons. The van der Waals surface area contributed by atoms with E-state index in [2.05, 4.69) is 14.9 Å². The third-order valence-corrected chi connectivity index (χ3v) is 3.43. The van der Waals surface area contributed by atoms with Gasteiger partial charge in [0.15, 0.2) is 0 Å². The van der Waals surface area contributed by atoms with Gasteiger partial charge >= 0.3 is 5.97 Å². The van der Waals surface area contributed by atoms with Gasteiger partial charge in [-0.1, -0.05) is 0 Å². The van der Waals surface area contributed by atoms with E-state index in [4.69, 9.17) is 4.74 Å². The fourth-order valence-electron chi connectivity index (χ4n) is 2.29. The molecule has 1 fully saturated rings. The van der Waals surface area contributed by atoms with Crippen molar-refractivity contribution in [1.82, 2.24) is 9.97 Å². The molecule has 2 unspecified atom stereocenters. The number of aromatic nitrogens is 2. The Morgan fingerprint density at radius 1 is 1.33 bits per heavy atom. The largest absolute Gasteiger partial charge is 0.466 e. The molecule has 7 heteroatoms. The SMILES string of the molecule is CCOC(=O)CC(O)C(O)c1cnc(N2CCCC2)nc1. The summed E-state index contributed by atoms with van der Waals surface area (Å²) in [6.07, 6.45) is 2.53. The van der Waals surface area contributed by atoms with Gasteiger partial charge < -0.3 is 19.8 Å². The van der Waals surface area contributed by atoms with Crippen LogP contribution < -0.4 is 4.90 Å². The maximum atomic E-state index is 11.3. The highest BCUT2D eigenvalue weighted by Crippen LogP contribution is 2.20. The van der Waals surface area contributed by atoms with Crippen LogP contribution in [0.15, 0.2) is 12.4 Å². The van der Waals surface area contributed by atoms with Crippen molar-refractivity contribution in [3.63, 3.8) is 0 Å². The number of esters is 1.